The Hall–Kier alpha value is -1.84. The van der Waals surface area contributed by atoms with E-state index in [0.717, 1.165) is 18.4 Å². The normalized spacial score (nSPS) is 20.6. The molecule has 4 heteroatoms. The summed E-state index contributed by atoms with van der Waals surface area (Å²) in [6, 6.07) is 9.92. The minimum Gasteiger partial charge on any atom is -0.351 e. The van der Waals surface area contributed by atoms with Gasteiger partial charge in [-0.25, -0.2) is 0 Å². The summed E-state index contributed by atoms with van der Waals surface area (Å²) in [5, 5.41) is 3.09. The third-order valence-electron chi connectivity index (χ3n) is 3.90. The Balaban J connectivity index is 1.98. The van der Waals surface area contributed by atoms with Crippen molar-refractivity contribution in [3.8, 4) is 0 Å². The molecule has 2 atom stereocenters. The number of nitrogens with one attached hydrogen (secondary N) is 1. The number of carbonyl (C=O) groups excluding carboxylic acids is 2. The number of benzene rings is 1. The molecule has 1 N–H and O–H groups in total. The zero-order valence-electron chi connectivity index (χ0n) is 12.1. The maximum absolute atomic E-state index is 12.4. The van der Waals surface area contributed by atoms with Gasteiger partial charge in [0.25, 0.3) is 0 Å². The molecule has 2 unspecified atom stereocenters. The van der Waals surface area contributed by atoms with Crippen molar-refractivity contribution in [1.82, 2.24) is 10.2 Å². The first-order valence-corrected chi connectivity index (χ1v) is 7.21. The molecule has 1 aromatic carbocycles. The molecule has 0 spiro atoms. The molecule has 1 aliphatic heterocycles. The summed E-state index contributed by atoms with van der Waals surface area (Å²) in [4.78, 5) is 25.6. The van der Waals surface area contributed by atoms with Gasteiger partial charge in [0.1, 0.15) is 0 Å². The predicted molar refractivity (Wildman–Crippen MR) is 78.3 cm³/mol. The minimum atomic E-state index is -0.112. The van der Waals surface area contributed by atoms with Gasteiger partial charge in [-0.05, 0) is 18.4 Å². The van der Waals surface area contributed by atoms with Crippen LogP contribution in [0, 0.1) is 0 Å². The van der Waals surface area contributed by atoms with E-state index in [1.165, 1.54) is 0 Å². The number of likely N-dealkylation sites (tertiary alicyclic amines) is 1. The van der Waals surface area contributed by atoms with E-state index in [-0.39, 0.29) is 23.8 Å². The van der Waals surface area contributed by atoms with Crippen molar-refractivity contribution in [3.63, 3.8) is 0 Å². The highest BCUT2D eigenvalue weighted by Crippen LogP contribution is 2.20. The standard InChI is InChI=1S/C16H22N2O2/c1-3-14(12-7-5-4-6-8-12)16(20)17-13-9-10-15(19)18(2)11-13/h4-8,13-14H,3,9-11H2,1-2H3,(H,17,20). The molecule has 1 aromatic rings. The molecule has 1 saturated heterocycles. The van der Waals surface area contributed by atoms with Gasteiger partial charge in [-0.15, -0.1) is 0 Å². The molecular formula is C16H22N2O2. The maximum Gasteiger partial charge on any atom is 0.227 e. The van der Waals surface area contributed by atoms with Crippen LogP contribution in [0.15, 0.2) is 30.3 Å². The first kappa shape index (κ1) is 14.6. The van der Waals surface area contributed by atoms with Gasteiger partial charge in [0.15, 0.2) is 0 Å². The van der Waals surface area contributed by atoms with Crippen molar-refractivity contribution in [1.29, 1.82) is 0 Å². The summed E-state index contributed by atoms with van der Waals surface area (Å²) in [5.41, 5.74) is 1.05. The number of piperidine rings is 1. The number of hydrogen-bond donors (Lipinski definition) is 1. The summed E-state index contributed by atoms with van der Waals surface area (Å²) < 4.78 is 0. The molecular weight excluding hydrogens is 252 g/mol. The van der Waals surface area contributed by atoms with E-state index in [9.17, 15) is 9.59 Å². The fourth-order valence-electron chi connectivity index (χ4n) is 2.69. The highest BCUT2D eigenvalue weighted by Gasteiger charge is 2.26. The van der Waals surface area contributed by atoms with Crippen molar-refractivity contribution < 1.29 is 9.59 Å². The monoisotopic (exact) mass is 274 g/mol. The van der Waals surface area contributed by atoms with Gasteiger partial charge >= 0.3 is 0 Å². The molecule has 0 saturated carbocycles. The first-order valence-electron chi connectivity index (χ1n) is 7.21. The Morgan fingerprint density at radius 2 is 2.10 bits per heavy atom. The SMILES string of the molecule is CCC(C(=O)NC1CCC(=O)N(C)C1)c1ccccc1. The van der Waals surface area contributed by atoms with Crippen LogP contribution >= 0.6 is 0 Å². The molecule has 0 aliphatic carbocycles. The fraction of sp³-hybridized carbons (Fsp3) is 0.500. The number of amides is 2. The van der Waals surface area contributed by atoms with Crippen molar-refractivity contribution in [2.75, 3.05) is 13.6 Å². The Morgan fingerprint density at radius 3 is 2.70 bits per heavy atom. The first-order chi connectivity index (χ1) is 9.61. The summed E-state index contributed by atoms with van der Waals surface area (Å²) >= 11 is 0. The zero-order valence-corrected chi connectivity index (χ0v) is 12.1. The van der Waals surface area contributed by atoms with E-state index in [1.807, 2.05) is 37.3 Å². The zero-order chi connectivity index (χ0) is 14.5. The topological polar surface area (TPSA) is 49.4 Å². The van der Waals surface area contributed by atoms with Crippen LogP contribution in [0.2, 0.25) is 0 Å². The lowest BCUT2D eigenvalue weighted by atomic mass is 9.94. The van der Waals surface area contributed by atoms with Crippen LogP contribution in [0.5, 0.6) is 0 Å². The lowest BCUT2D eigenvalue weighted by molar-refractivity contribution is -0.134. The lowest BCUT2D eigenvalue weighted by Crippen LogP contribution is -2.49. The van der Waals surface area contributed by atoms with E-state index < -0.39 is 0 Å². The van der Waals surface area contributed by atoms with Gasteiger partial charge in [0, 0.05) is 26.1 Å². The van der Waals surface area contributed by atoms with Gasteiger partial charge in [-0.1, -0.05) is 37.3 Å². The summed E-state index contributed by atoms with van der Waals surface area (Å²) in [5.74, 6) is 0.108. The van der Waals surface area contributed by atoms with Crippen LogP contribution in [0.3, 0.4) is 0 Å². The number of nitrogens with zero attached hydrogens (tertiary/aromatic N) is 1. The molecule has 1 fully saturated rings. The Kier molecular flexibility index (Phi) is 4.77. The second-order valence-electron chi connectivity index (χ2n) is 5.39. The predicted octanol–water partition coefficient (Wildman–Crippen LogP) is 1.92. The van der Waals surface area contributed by atoms with Gasteiger partial charge in [-0.2, -0.15) is 0 Å². The molecule has 2 amide bonds. The molecule has 2 rings (SSSR count). The average molecular weight is 274 g/mol. The smallest absolute Gasteiger partial charge is 0.227 e. The van der Waals surface area contributed by atoms with E-state index >= 15 is 0 Å². The Bertz CT molecular complexity index is 473. The van der Waals surface area contributed by atoms with Crippen molar-refractivity contribution in [2.24, 2.45) is 0 Å². The second kappa shape index (κ2) is 6.55. The largest absolute Gasteiger partial charge is 0.351 e. The van der Waals surface area contributed by atoms with Gasteiger partial charge in [0.2, 0.25) is 11.8 Å². The average Bonchev–Trinajstić information content (AvgIpc) is 2.45. The van der Waals surface area contributed by atoms with E-state index in [4.69, 9.17) is 0 Å². The second-order valence-corrected chi connectivity index (χ2v) is 5.39. The number of carbonyl (C=O) groups is 2. The van der Waals surface area contributed by atoms with E-state index in [2.05, 4.69) is 5.32 Å². The van der Waals surface area contributed by atoms with Gasteiger partial charge in [0.05, 0.1) is 5.92 Å². The van der Waals surface area contributed by atoms with Gasteiger partial charge in [-0.3, -0.25) is 9.59 Å². The molecule has 20 heavy (non-hydrogen) atoms. The number of likely N-dealkylation sites (N-methyl/N-ethyl adjacent to an activating group) is 1. The van der Waals surface area contributed by atoms with Crippen LogP contribution in [-0.2, 0) is 9.59 Å². The summed E-state index contributed by atoms with van der Waals surface area (Å²) in [6.45, 7) is 2.63. The van der Waals surface area contributed by atoms with Gasteiger partial charge < -0.3 is 10.2 Å². The van der Waals surface area contributed by atoms with E-state index in [0.29, 0.717) is 13.0 Å². The Morgan fingerprint density at radius 1 is 1.40 bits per heavy atom. The number of hydrogen-bond acceptors (Lipinski definition) is 2. The lowest BCUT2D eigenvalue weighted by Gasteiger charge is -2.31. The third kappa shape index (κ3) is 3.38. The highest BCUT2D eigenvalue weighted by molar-refractivity contribution is 5.84. The molecule has 4 nitrogen and oxygen atoms in total. The quantitative estimate of drug-likeness (QED) is 0.912. The molecule has 0 bridgehead atoms. The minimum absolute atomic E-state index is 0.0615. The molecule has 0 radical (unpaired) electrons. The van der Waals surface area contributed by atoms with Crippen LogP contribution in [0.4, 0.5) is 0 Å². The van der Waals surface area contributed by atoms with E-state index in [1.54, 1.807) is 11.9 Å². The molecule has 108 valence electrons. The van der Waals surface area contributed by atoms with Crippen LogP contribution in [0.1, 0.15) is 37.7 Å². The maximum atomic E-state index is 12.4. The summed E-state index contributed by atoms with van der Waals surface area (Å²) in [6.07, 6.45) is 2.03. The molecule has 1 aliphatic rings. The molecule has 0 aromatic heterocycles. The van der Waals surface area contributed by atoms with Crippen LogP contribution in [0.25, 0.3) is 0 Å². The third-order valence-corrected chi connectivity index (χ3v) is 3.90. The van der Waals surface area contributed by atoms with Crippen molar-refractivity contribution >= 4 is 11.8 Å². The fourth-order valence-corrected chi connectivity index (χ4v) is 2.69. The van der Waals surface area contributed by atoms with Crippen LogP contribution < -0.4 is 5.32 Å². The van der Waals surface area contributed by atoms with Crippen molar-refractivity contribution in [3.05, 3.63) is 35.9 Å². The molecule has 1 heterocycles. The number of rotatable bonds is 4. The summed E-state index contributed by atoms with van der Waals surface area (Å²) in [7, 11) is 1.79. The van der Waals surface area contributed by atoms with Crippen LogP contribution in [-0.4, -0.2) is 36.3 Å². The highest BCUT2D eigenvalue weighted by atomic mass is 16.2. The Labute approximate surface area is 120 Å². The van der Waals surface area contributed by atoms with Crippen molar-refractivity contribution in [2.45, 2.75) is 38.1 Å².